The van der Waals surface area contributed by atoms with Crippen LogP contribution in [0.25, 0.3) is 10.9 Å². The van der Waals surface area contributed by atoms with E-state index in [-0.39, 0.29) is 16.5 Å². The summed E-state index contributed by atoms with van der Waals surface area (Å²) in [5.74, 6) is -0.548. The third kappa shape index (κ3) is 4.45. The van der Waals surface area contributed by atoms with Gasteiger partial charge in [-0.2, -0.15) is 9.40 Å². The van der Waals surface area contributed by atoms with E-state index in [1.54, 1.807) is 36.0 Å². The number of sulfonamides is 1. The first-order valence-electron chi connectivity index (χ1n) is 10.3. The Bertz CT molecular complexity index is 1310. The topological polar surface area (TPSA) is 126 Å². The van der Waals surface area contributed by atoms with Gasteiger partial charge in [-0.25, -0.2) is 8.42 Å². The van der Waals surface area contributed by atoms with Gasteiger partial charge in [0.25, 0.3) is 5.56 Å². The Hall–Kier alpha value is -3.02. The number of carbonyl (C=O) groups is 1. The molecule has 0 radical (unpaired) electrons. The lowest BCUT2D eigenvalue weighted by atomic mass is 10.1. The van der Waals surface area contributed by atoms with Gasteiger partial charge in [0.1, 0.15) is 4.90 Å². The van der Waals surface area contributed by atoms with Crippen molar-refractivity contribution in [3.05, 3.63) is 52.6 Å². The second-order valence-corrected chi connectivity index (χ2v) is 9.92. The maximum atomic E-state index is 13.1. The maximum absolute atomic E-state index is 13.1. The number of benzene rings is 1. The number of carbonyl (C=O) groups excluding carboxylic acids is 1. The normalized spacial score (nSPS) is 15.3. The summed E-state index contributed by atoms with van der Waals surface area (Å²) in [6.07, 6.45) is 4.72. The summed E-state index contributed by atoms with van der Waals surface area (Å²) < 4.78 is 34.1. The lowest BCUT2D eigenvalue weighted by molar-refractivity contribution is -0.116. The molecule has 0 unspecified atom stereocenters. The van der Waals surface area contributed by atoms with Crippen molar-refractivity contribution >= 4 is 32.5 Å². The average Bonchev–Trinajstić information content (AvgIpc) is 3.22. The lowest BCUT2D eigenvalue weighted by Gasteiger charge is -2.24. The first-order chi connectivity index (χ1) is 15.3. The molecule has 0 atom stereocenters. The smallest absolute Gasteiger partial charge is 0.252 e. The quantitative estimate of drug-likeness (QED) is 0.577. The largest absolute Gasteiger partial charge is 0.381 e. The van der Waals surface area contributed by atoms with Gasteiger partial charge in [-0.05, 0) is 43.5 Å². The number of anilines is 1. The van der Waals surface area contributed by atoms with Crippen LogP contribution in [0.15, 0.2) is 46.3 Å². The number of pyridine rings is 1. The highest BCUT2D eigenvalue weighted by atomic mass is 32.2. The summed E-state index contributed by atoms with van der Waals surface area (Å²) in [5.41, 5.74) is 1.25. The summed E-state index contributed by atoms with van der Waals surface area (Å²) in [6.45, 7) is 2.61. The van der Waals surface area contributed by atoms with Crippen LogP contribution in [0.1, 0.15) is 24.4 Å². The van der Waals surface area contributed by atoms with Crippen molar-refractivity contribution in [2.24, 2.45) is 0 Å². The maximum Gasteiger partial charge on any atom is 0.252 e. The van der Waals surface area contributed by atoms with E-state index < -0.39 is 22.5 Å². The predicted molar refractivity (Wildman–Crippen MR) is 119 cm³/mol. The molecule has 2 N–H and O–H groups in total. The Kier molecular flexibility index (Phi) is 6.13. The van der Waals surface area contributed by atoms with Crippen LogP contribution < -0.4 is 10.9 Å². The number of aromatic nitrogens is 3. The van der Waals surface area contributed by atoms with E-state index in [1.165, 1.54) is 13.1 Å². The number of aromatic amines is 1. The monoisotopic (exact) mass is 459 g/mol. The highest BCUT2D eigenvalue weighted by molar-refractivity contribution is 7.89. The molecule has 1 amide bonds. The molecule has 3 heterocycles. The summed E-state index contributed by atoms with van der Waals surface area (Å²) in [7, 11) is -2.62. The minimum absolute atomic E-state index is 0.0550. The van der Waals surface area contributed by atoms with Crippen LogP contribution in [-0.2, 0) is 19.6 Å². The molecule has 2 aromatic heterocycles. The van der Waals surface area contributed by atoms with E-state index >= 15 is 0 Å². The van der Waals surface area contributed by atoms with Crippen molar-refractivity contribution in [3.63, 3.8) is 0 Å². The minimum Gasteiger partial charge on any atom is -0.381 e. The van der Waals surface area contributed by atoms with Gasteiger partial charge in [-0.15, -0.1) is 0 Å². The van der Waals surface area contributed by atoms with Crippen LogP contribution in [-0.4, -0.2) is 60.2 Å². The number of rotatable bonds is 6. The Labute approximate surface area is 185 Å². The molecule has 4 rings (SSSR count). The van der Waals surface area contributed by atoms with E-state index in [2.05, 4.69) is 15.5 Å². The number of fused-ring (bicyclic) bond motifs is 1. The van der Waals surface area contributed by atoms with E-state index in [0.29, 0.717) is 29.8 Å². The molecule has 0 saturated carbocycles. The molecule has 1 saturated heterocycles. The third-order valence-corrected chi connectivity index (χ3v) is 7.36. The number of ether oxygens (including phenoxy) is 1. The zero-order valence-electron chi connectivity index (χ0n) is 17.9. The first-order valence-corrected chi connectivity index (χ1v) is 11.7. The van der Waals surface area contributed by atoms with Gasteiger partial charge in [-0.3, -0.25) is 14.7 Å². The third-order valence-electron chi connectivity index (χ3n) is 5.53. The van der Waals surface area contributed by atoms with Crippen molar-refractivity contribution in [2.45, 2.75) is 30.7 Å². The molecule has 10 nitrogen and oxygen atoms in total. The Morgan fingerprint density at radius 3 is 2.78 bits per heavy atom. The fourth-order valence-corrected chi connectivity index (χ4v) is 5.24. The Balaban J connectivity index is 1.47. The molecular formula is C21H25N5O5S. The summed E-state index contributed by atoms with van der Waals surface area (Å²) in [4.78, 5) is 25.0. The molecule has 0 spiro atoms. The molecule has 1 aliphatic rings. The van der Waals surface area contributed by atoms with Gasteiger partial charge < -0.3 is 14.6 Å². The highest BCUT2D eigenvalue weighted by Crippen LogP contribution is 2.25. The first kappa shape index (κ1) is 22.2. The fraction of sp³-hybridized carbons (Fsp3) is 0.381. The zero-order valence-corrected chi connectivity index (χ0v) is 18.7. The number of hydrogen-bond donors (Lipinski definition) is 2. The fourth-order valence-electron chi connectivity index (χ4n) is 3.86. The predicted octanol–water partition coefficient (Wildman–Crippen LogP) is 1.64. The summed E-state index contributed by atoms with van der Waals surface area (Å²) in [5, 5.41) is 9.90. The molecule has 0 bridgehead atoms. The van der Waals surface area contributed by atoms with Crippen LogP contribution in [0.3, 0.4) is 0 Å². The van der Waals surface area contributed by atoms with Crippen LogP contribution in [0, 0.1) is 6.92 Å². The van der Waals surface area contributed by atoms with E-state index in [4.69, 9.17) is 4.74 Å². The summed E-state index contributed by atoms with van der Waals surface area (Å²) >= 11 is 0. The molecule has 3 aromatic rings. The molecule has 11 heteroatoms. The molecule has 32 heavy (non-hydrogen) atoms. The highest BCUT2D eigenvalue weighted by Gasteiger charge is 2.26. The molecule has 1 aromatic carbocycles. The van der Waals surface area contributed by atoms with Crippen molar-refractivity contribution in [1.29, 1.82) is 0 Å². The number of likely N-dealkylation sites (N-methyl/N-ethyl adjacent to an activating group) is 1. The van der Waals surface area contributed by atoms with E-state index in [9.17, 15) is 18.0 Å². The van der Waals surface area contributed by atoms with E-state index in [1.807, 2.05) is 6.07 Å². The Morgan fingerprint density at radius 1 is 1.31 bits per heavy atom. The van der Waals surface area contributed by atoms with Gasteiger partial charge in [0.2, 0.25) is 15.9 Å². The number of aryl methyl sites for hydroxylation is 1. The van der Waals surface area contributed by atoms with Gasteiger partial charge in [0, 0.05) is 49.6 Å². The molecule has 170 valence electrons. The summed E-state index contributed by atoms with van der Waals surface area (Å²) in [6, 6.07) is 6.42. The molecular weight excluding hydrogens is 434 g/mol. The second kappa shape index (κ2) is 8.85. The number of nitrogens with zero attached hydrogens (tertiary/aromatic N) is 3. The number of nitrogens with one attached hydrogen (secondary N) is 2. The van der Waals surface area contributed by atoms with Crippen LogP contribution >= 0.6 is 0 Å². The van der Waals surface area contributed by atoms with Crippen molar-refractivity contribution in [1.82, 2.24) is 19.1 Å². The van der Waals surface area contributed by atoms with Crippen LogP contribution in [0.5, 0.6) is 0 Å². The SMILES string of the molecule is Cc1cc(S(=O)(=O)N(C)CC(=O)Nc2ccn(C3CCOCC3)c(=O)c2)c2[nH]ncc2c1. The minimum atomic E-state index is -3.95. The zero-order chi connectivity index (χ0) is 22.9. The number of H-pyrrole nitrogens is 1. The number of amides is 1. The average molecular weight is 460 g/mol. The standard InChI is InChI=1S/C21H25N5O5S/c1-14-9-15-12-22-24-21(15)18(10-14)32(29,30)25(2)13-19(27)23-16-3-6-26(20(28)11-16)17-4-7-31-8-5-17/h3,6,9-12,17H,4-5,7-8,13H2,1-2H3,(H,22,24)(H,23,27). The van der Waals surface area contributed by atoms with Gasteiger partial charge in [-0.1, -0.05) is 0 Å². The molecule has 1 aliphatic heterocycles. The van der Waals surface area contributed by atoms with Crippen molar-refractivity contribution < 1.29 is 17.9 Å². The molecule has 1 fully saturated rings. The van der Waals surface area contributed by atoms with Gasteiger partial charge in [0.15, 0.2) is 0 Å². The lowest BCUT2D eigenvalue weighted by Crippen LogP contribution is -2.35. The Morgan fingerprint density at radius 2 is 2.06 bits per heavy atom. The van der Waals surface area contributed by atoms with Gasteiger partial charge in [0.05, 0.1) is 18.3 Å². The van der Waals surface area contributed by atoms with Crippen LogP contribution in [0.2, 0.25) is 0 Å². The number of hydrogen-bond acceptors (Lipinski definition) is 6. The van der Waals surface area contributed by atoms with Crippen LogP contribution in [0.4, 0.5) is 5.69 Å². The van der Waals surface area contributed by atoms with E-state index in [0.717, 1.165) is 22.7 Å². The van der Waals surface area contributed by atoms with Crippen molar-refractivity contribution in [2.75, 3.05) is 32.1 Å². The van der Waals surface area contributed by atoms with Gasteiger partial charge >= 0.3 is 0 Å². The molecule has 0 aliphatic carbocycles. The van der Waals surface area contributed by atoms with Crippen molar-refractivity contribution in [3.8, 4) is 0 Å². The second-order valence-electron chi connectivity index (χ2n) is 7.91.